The number of nitrogens with one attached hydrogen (secondary N) is 1. The van der Waals surface area contributed by atoms with E-state index in [4.69, 9.17) is 0 Å². The summed E-state index contributed by atoms with van der Waals surface area (Å²) in [6.07, 6.45) is 2.39. The highest BCUT2D eigenvalue weighted by Gasteiger charge is 2.27. The number of aromatic nitrogens is 1. The van der Waals surface area contributed by atoms with E-state index in [-0.39, 0.29) is 17.7 Å². The third-order valence-electron chi connectivity index (χ3n) is 3.33. The van der Waals surface area contributed by atoms with Gasteiger partial charge in [-0.3, -0.25) is 19.9 Å². The van der Waals surface area contributed by atoms with Crippen LogP contribution in [-0.2, 0) is 9.59 Å². The van der Waals surface area contributed by atoms with Crippen LogP contribution in [0.25, 0.3) is 10.9 Å². The zero-order valence-corrected chi connectivity index (χ0v) is 11.6. The van der Waals surface area contributed by atoms with E-state index < -0.39 is 0 Å². The van der Waals surface area contributed by atoms with E-state index in [0.29, 0.717) is 12.8 Å². The number of amides is 2. The molecule has 1 aromatic heterocycles. The molecule has 3 rings (SSSR count). The molecule has 1 N–H and O–H groups in total. The Morgan fingerprint density at radius 3 is 2.63 bits per heavy atom. The largest absolute Gasteiger partial charge is 0.296 e. The molecule has 1 aliphatic rings. The summed E-state index contributed by atoms with van der Waals surface area (Å²) in [5, 5.41) is 3.33. The number of nitrogens with zero attached hydrogens (tertiary/aromatic N) is 1. The van der Waals surface area contributed by atoms with Crippen molar-refractivity contribution in [2.75, 3.05) is 0 Å². The molecule has 0 spiro atoms. The molecule has 2 aromatic rings. The van der Waals surface area contributed by atoms with Gasteiger partial charge in [-0.25, -0.2) is 0 Å². The minimum atomic E-state index is -0.215. The maximum Gasteiger partial charge on any atom is 0.227 e. The number of hydrogen-bond donors (Lipinski definition) is 1. The normalized spacial score (nSPS) is 16.7. The lowest BCUT2D eigenvalue weighted by atomic mass is 9.88. The second-order valence-electron chi connectivity index (χ2n) is 4.61. The molecular weight excluding hydrogens is 308 g/mol. The zero-order chi connectivity index (χ0) is 13.4. The van der Waals surface area contributed by atoms with Crippen LogP contribution in [0.1, 0.15) is 24.3 Å². The number of benzene rings is 1. The first-order chi connectivity index (χ1) is 9.15. The highest BCUT2D eigenvalue weighted by molar-refractivity contribution is 9.10. The Kier molecular flexibility index (Phi) is 3.06. The SMILES string of the molecule is O=C1CC(c2ccc(Br)c3cccnc23)CC(=O)N1. The average Bonchev–Trinajstić information content (AvgIpc) is 2.38. The first kappa shape index (κ1) is 12.3. The summed E-state index contributed by atoms with van der Waals surface area (Å²) in [5.74, 6) is -0.520. The predicted octanol–water partition coefficient (Wildman–Crippen LogP) is 2.52. The molecular formula is C14H11BrN2O2. The number of piperidine rings is 1. The fourth-order valence-electron chi connectivity index (χ4n) is 2.49. The van der Waals surface area contributed by atoms with Crippen molar-refractivity contribution in [3.05, 3.63) is 40.5 Å². The number of carbonyl (C=O) groups excluding carboxylic acids is 2. The van der Waals surface area contributed by atoms with Crippen LogP contribution < -0.4 is 5.32 Å². The van der Waals surface area contributed by atoms with E-state index in [9.17, 15) is 9.59 Å². The van der Waals surface area contributed by atoms with Crippen molar-refractivity contribution in [1.82, 2.24) is 10.3 Å². The minimum Gasteiger partial charge on any atom is -0.296 e. The molecule has 1 aromatic carbocycles. The van der Waals surface area contributed by atoms with Crippen LogP contribution in [0.5, 0.6) is 0 Å². The molecule has 1 aliphatic heterocycles. The van der Waals surface area contributed by atoms with E-state index >= 15 is 0 Å². The maximum atomic E-state index is 11.5. The van der Waals surface area contributed by atoms with Crippen LogP contribution in [0.3, 0.4) is 0 Å². The van der Waals surface area contributed by atoms with Gasteiger partial charge in [0.05, 0.1) is 5.52 Å². The topological polar surface area (TPSA) is 59.1 Å². The predicted molar refractivity (Wildman–Crippen MR) is 74.6 cm³/mol. The first-order valence-corrected chi connectivity index (χ1v) is 6.80. The standard InChI is InChI=1S/C14H11BrN2O2/c15-11-4-3-9(14-10(11)2-1-5-16-14)8-6-12(18)17-13(19)7-8/h1-5,8H,6-7H2,(H,17,18,19). The lowest BCUT2D eigenvalue weighted by Crippen LogP contribution is -2.37. The van der Waals surface area contributed by atoms with Crippen LogP contribution in [0, 0.1) is 0 Å². The second kappa shape index (κ2) is 4.74. The van der Waals surface area contributed by atoms with Crippen molar-refractivity contribution in [3.63, 3.8) is 0 Å². The molecule has 0 radical (unpaired) electrons. The molecule has 0 atom stereocenters. The molecule has 0 aliphatic carbocycles. The molecule has 1 fully saturated rings. The summed E-state index contributed by atoms with van der Waals surface area (Å²) in [4.78, 5) is 27.4. The summed E-state index contributed by atoms with van der Waals surface area (Å²) in [6, 6.07) is 7.72. The highest BCUT2D eigenvalue weighted by Crippen LogP contribution is 2.33. The molecule has 2 amide bonds. The molecule has 0 unspecified atom stereocenters. The van der Waals surface area contributed by atoms with Gasteiger partial charge in [-0.05, 0) is 17.7 Å². The van der Waals surface area contributed by atoms with Gasteiger partial charge in [0.1, 0.15) is 0 Å². The minimum absolute atomic E-state index is 0.0910. The summed E-state index contributed by atoms with van der Waals surface area (Å²) in [5.41, 5.74) is 1.81. The van der Waals surface area contributed by atoms with Crippen LogP contribution in [-0.4, -0.2) is 16.8 Å². The van der Waals surface area contributed by atoms with Crippen molar-refractivity contribution in [2.24, 2.45) is 0 Å². The molecule has 2 heterocycles. The first-order valence-electron chi connectivity index (χ1n) is 6.01. The van der Waals surface area contributed by atoms with Gasteiger partial charge in [-0.15, -0.1) is 0 Å². The maximum absolute atomic E-state index is 11.5. The van der Waals surface area contributed by atoms with Crippen LogP contribution >= 0.6 is 15.9 Å². The number of rotatable bonds is 1. The van der Waals surface area contributed by atoms with Gasteiger partial charge in [0, 0.05) is 34.8 Å². The molecule has 96 valence electrons. The van der Waals surface area contributed by atoms with Gasteiger partial charge in [-0.1, -0.05) is 28.1 Å². The fraction of sp³-hybridized carbons (Fsp3) is 0.214. The fourth-order valence-corrected chi connectivity index (χ4v) is 2.94. The monoisotopic (exact) mass is 318 g/mol. The number of fused-ring (bicyclic) bond motifs is 1. The third-order valence-corrected chi connectivity index (χ3v) is 4.02. The van der Waals surface area contributed by atoms with Gasteiger partial charge in [0.25, 0.3) is 0 Å². The van der Waals surface area contributed by atoms with E-state index in [1.807, 2.05) is 24.3 Å². The summed E-state index contributed by atoms with van der Waals surface area (Å²) >= 11 is 3.49. The Hall–Kier alpha value is -1.75. The van der Waals surface area contributed by atoms with Crippen LogP contribution in [0.4, 0.5) is 0 Å². The van der Waals surface area contributed by atoms with Gasteiger partial charge in [-0.2, -0.15) is 0 Å². The summed E-state index contributed by atoms with van der Waals surface area (Å²) < 4.78 is 0.964. The van der Waals surface area contributed by atoms with E-state index in [0.717, 1.165) is 20.9 Å². The second-order valence-corrected chi connectivity index (χ2v) is 5.47. The van der Waals surface area contributed by atoms with Gasteiger partial charge < -0.3 is 0 Å². The lowest BCUT2D eigenvalue weighted by Gasteiger charge is -2.22. The quantitative estimate of drug-likeness (QED) is 0.822. The number of carbonyl (C=O) groups is 2. The van der Waals surface area contributed by atoms with E-state index in [1.165, 1.54) is 0 Å². The zero-order valence-electron chi connectivity index (χ0n) is 10.0. The molecule has 5 heteroatoms. The van der Waals surface area contributed by atoms with E-state index in [2.05, 4.69) is 26.2 Å². The van der Waals surface area contributed by atoms with Crippen molar-refractivity contribution in [3.8, 4) is 0 Å². The third kappa shape index (κ3) is 2.26. The van der Waals surface area contributed by atoms with Gasteiger partial charge >= 0.3 is 0 Å². The molecule has 19 heavy (non-hydrogen) atoms. The van der Waals surface area contributed by atoms with Gasteiger partial charge in [0.2, 0.25) is 11.8 Å². The highest BCUT2D eigenvalue weighted by atomic mass is 79.9. The molecule has 1 saturated heterocycles. The lowest BCUT2D eigenvalue weighted by molar-refractivity contribution is -0.133. The Balaban J connectivity index is 2.12. The smallest absolute Gasteiger partial charge is 0.227 e. The van der Waals surface area contributed by atoms with Gasteiger partial charge in [0.15, 0.2) is 0 Å². The van der Waals surface area contributed by atoms with Crippen molar-refractivity contribution in [2.45, 2.75) is 18.8 Å². The van der Waals surface area contributed by atoms with Crippen molar-refractivity contribution in [1.29, 1.82) is 0 Å². The van der Waals surface area contributed by atoms with E-state index in [1.54, 1.807) is 6.20 Å². The van der Waals surface area contributed by atoms with Crippen LogP contribution in [0.15, 0.2) is 34.9 Å². The van der Waals surface area contributed by atoms with Crippen LogP contribution in [0.2, 0.25) is 0 Å². The molecule has 4 nitrogen and oxygen atoms in total. The Morgan fingerprint density at radius 2 is 1.89 bits per heavy atom. The average molecular weight is 319 g/mol. The Labute approximate surface area is 118 Å². The molecule has 0 saturated carbocycles. The summed E-state index contributed by atoms with van der Waals surface area (Å²) in [7, 11) is 0. The summed E-state index contributed by atoms with van der Waals surface area (Å²) in [6.45, 7) is 0. The van der Waals surface area contributed by atoms with Crippen molar-refractivity contribution >= 4 is 38.6 Å². The number of imide groups is 1. The Bertz CT molecular complexity index is 668. The number of pyridine rings is 1. The number of hydrogen-bond acceptors (Lipinski definition) is 3. The Morgan fingerprint density at radius 1 is 1.16 bits per heavy atom. The number of halogens is 1. The van der Waals surface area contributed by atoms with Crippen molar-refractivity contribution < 1.29 is 9.59 Å². The molecule has 0 bridgehead atoms.